The highest BCUT2D eigenvalue weighted by Crippen LogP contribution is 2.21. The molecule has 1 aromatic rings. The standard InChI is InChI=1S/C22H33N3O6/c1-4-12-30-14-15-31-13-10-24-19-8-5-7-18(17(19)2)22(29)25(16-27)20(9-6-11-26)21(28)23-3/h5,7-8,11,16,20,24H,4,6,9-10,12-15H2,1-3H3,(H,23,28). The highest BCUT2D eigenvalue weighted by atomic mass is 16.5. The quantitative estimate of drug-likeness (QED) is 0.299. The maximum Gasteiger partial charge on any atom is 0.261 e. The van der Waals surface area contributed by atoms with Gasteiger partial charge >= 0.3 is 0 Å². The molecule has 1 rings (SSSR count). The molecule has 0 radical (unpaired) electrons. The van der Waals surface area contributed by atoms with Crippen LogP contribution in [0, 0.1) is 6.92 Å². The molecule has 0 aliphatic rings. The minimum absolute atomic E-state index is 0.0553. The highest BCUT2D eigenvalue weighted by Gasteiger charge is 2.30. The molecule has 0 saturated heterocycles. The summed E-state index contributed by atoms with van der Waals surface area (Å²) in [6, 6.07) is 4.07. The minimum Gasteiger partial charge on any atom is -0.382 e. The maximum atomic E-state index is 13.0. The fourth-order valence-corrected chi connectivity index (χ4v) is 2.97. The zero-order valence-electron chi connectivity index (χ0n) is 18.5. The Morgan fingerprint density at radius 3 is 2.45 bits per heavy atom. The summed E-state index contributed by atoms with van der Waals surface area (Å²) in [6.45, 7) is 6.59. The lowest BCUT2D eigenvalue weighted by atomic mass is 10.0. The second kappa shape index (κ2) is 15.1. The molecule has 1 atom stereocenters. The molecule has 0 fully saturated rings. The molecule has 0 aliphatic heterocycles. The van der Waals surface area contributed by atoms with E-state index < -0.39 is 17.9 Å². The Kier molecular flexibility index (Phi) is 12.8. The lowest BCUT2D eigenvalue weighted by Gasteiger charge is -2.26. The molecule has 0 aromatic heterocycles. The Morgan fingerprint density at radius 1 is 1.13 bits per heavy atom. The molecule has 0 heterocycles. The van der Waals surface area contributed by atoms with Crippen LogP contribution in [-0.4, -0.2) is 75.5 Å². The number of rotatable bonds is 16. The number of hydrogen-bond donors (Lipinski definition) is 2. The molecule has 1 aromatic carbocycles. The number of benzene rings is 1. The topological polar surface area (TPSA) is 114 Å². The minimum atomic E-state index is -1.06. The van der Waals surface area contributed by atoms with E-state index in [0.29, 0.717) is 50.2 Å². The molecule has 1 unspecified atom stereocenters. The Labute approximate surface area is 183 Å². The van der Waals surface area contributed by atoms with Crippen molar-refractivity contribution < 1.29 is 28.7 Å². The SMILES string of the molecule is CCCOCCOCCNc1cccc(C(=O)N(C=O)C(CCC=O)C(=O)NC)c1C. The molecular formula is C22H33N3O6. The van der Waals surface area contributed by atoms with Crippen molar-refractivity contribution in [2.45, 2.75) is 39.2 Å². The van der Waals surface area contributed by atoms with Gasteiger partial charge in [0.2, 0.25) is 12.3 Å². The number of nitrogens with one attached hydrogen (secondary N) is 2. The van der Waals surface area contributed by atoms with Gasteiger partial charge in [0.15, 0.2) is 0 Å². The van der Waals surface area contributed by atoms with Crippen molar-refractivity contribution in [1.29, 1.82) is 0 Å². The van der Waals surface area contributed by atoms with Crippen LogP contribution in [0.25, 0.3) is 0 Å². The first kappa shape index (κ1) is 26.3. The number of anilines is 1. The van der Waals surface area contributed by atoms with E-state index in [1.54, 1.807) is 19.1 Å². The van der Waals surface area contributed by atoms with Gasteiger partial charge in [0.25, 0.3) is 5.91 Å². The first-order chi connectivity index (χ1) is 15.0. The molecule has 0 spiro atoms. The summed E-state index contributed by atoms with van der Waals surface area (Å²) >= 11 is 0. The Balaban J connectivity index is 2.80. The summed E-state index contributed by atoms with van der Waals surface area (Å²) < 4.78 is 10.8. The van der Waals surface area contributed by atoms with Crippen molar-refractivity contribution in [2.24, 2.45) is 0 Å². The number of hydrogen-bond acceptors (Lipinski definition) is 7. The molecular weight excluding hydrogens is 402 g/mol. The number of likely N-dealkylation sites (N-methyl/N-ethyl adjacent to an activating group) is 1. The van der Waals surface area contributed by atoms with Gasteiger partial charge in [0.05, 0.1) is 19.8 Å². The first-order valence-electron chi connectivity index (χ1n) is 10.4. The van der Waals surface area contributed by atoms with E-state index in [1.165, 1.54) is 7.05 Å². The van der Waals surface area contributed by atoms with Crippen LogP contribution in [0.3, 0.4) is 0 Å². The predicted octanol–water partition coefficient (Wildman–Crippen LogP) is 1.54. The van der Waals surface area contributed by atoms with Gasteiger partial charge in [-0.25, -0.2) is 0 Å². The zero-order chi connectivity index (χ0) is 23.1. The highest BCUT2D eigenvalue weighted by molar-refractivity contribution is 6.04. The van der Waals surface area contributed by atoms with E-state index in [1.807, 2.05) is 13.0 Å². The smallest absolute Gasteiger partial charge is 0.261 e. The monoisotopic (exact) mass is 435 g/mol. The molecule has 9 heteroatoms. The Morgan fingerprint density at radius 2 is 1.84 bits per heavy atom. The van der Waals surface area contributed by atoms with Crippen LogP contribution in [0.2, 0.25) is 0 Å². The number of ether oxygens (including phenoxy) is 2. The van der Waals surface area contributed by atoms with E-state index >= 15 is 0 Å². The van der Waals surface area contributed by atoms with E-state index in [2.05, 4.69) is 10.6 Å². The number of imide groups is 1. The van der Waals surface area contributed by atoms with Crippen LogP contribution in [0.1, 0.15) is 42.1 Å². The predicted molar refractivity (Wildman–Crippen MR) is 117 cm³/mol. The summed E-state index contributed by atoms with van der Waals surface area (Å²) in [6.07, 6.45) is 2.07. The fraction of sp³-hybridized carbons (Fsp3) is 0.545. The van der Waals surface area contributed by atoms with Crippen molar-refractivity contribution in [1.82, 2.24) is 10.2 Å². The molecule has 9 nitrogen and oxygen atoms in total. The van der Waals surface area contributed by atoms with E-state index in [0.717, 1.165) is 23.6 Å². The van der Waals surface area contributed by atoms with Crippen LogP contribution in [0.15, 0.2) is 18.2 Å². The average molecular weight is 436 g/mol. The normalized spacial score (nSPS) is 11.5. The molecule has 0 bridgehead atoms. The number of carbonyl (C=O) groups is 4. The second-order valence-corrected chi connectivity index (χ2v) is 6.82. The van der Waals surface area contributed by atoms with Crippen molar-refractivity contribution in [3.05, 3.63) is 29.3 Å². The average Bonchev–Trinajstić information content (AvgIpc) is 2.78. The molecule has 172 valence electrons. The van der Waals surface area contributed by atoms with Gasteiger partial charge in [-0.1, -0.05) is 13.0 Å². The lowest BCUT2D eigenvalue weighted by molar-refractivity contribution is -0.131. The summed E-state index contributed by atoms with van der Waals surface area (Å²) in [5.74, 6) is -1.10. The summed E-state index contributed by atoms with van der Waals surface area (Å²) in [7, 11) is 1.41. The van der Waals surface area contributed by atoms with Crippen molar-refractivity contribution in [3.8, 4) is 0 Å². The third kappa shape index (κ3) is 8.47. The summed E-state index contributed by atoms with van der Waals surface area (Å²) in [5, 5.41) is 5.65. The molecule has 3 amide bonds. The second-order valence-electron chi connectivity index (χ2n) is 6.82. The van der Waals surface area contributed by atoms with Gasteiger partial charge in [-0.2, -0.15) is 0 Å². The first-order valence-corrected chi connectivity index (χ1v) is 10.4. The van der Waals surface area contributed by atoms with Gasteiger partial charge in [-0.05, 0) is 37.5 Å². The third-order valence-electron chi connectivity index (χ3n) is 4.64. The van der Waals surface area contributed by atoms with Gasteiger partial charge in [-0.3, -0.25) is 19.3 Å². The Bertz CT molecular complexity index is 725. The number of amides is 3. The lowest BCUT2D eigenvalue weighted by Crippen LogP contribution is -2.48. The van der Waals surface area contributed by atoms with Crippen molar-refractivity contribution >= 4 is 30.2 Å². The van der Waals surface area contributed by atoms with Gasteiger partial charge in [0.1, 0.15) is 12.3 Å². The van der Waals surface area contributed by atoms with Crippen LogP contribution >= 0.6 is 0 Å². The van der Waals surface area contributed by atoms with Crippen molar-refractivity contribution in [2.75, 3.05) is 45.3 Å². The molecule has 0 saturated carbocycles. The number of carbonyl (C=O) groups excluding carboxylic acids is 4. The molecule has 0 aliphatic carbocycles. The van der Waals surface area contributed by atoms with Crippen molar-refractivity contribution in [3.63, 3.8) is 0 Å². The third-order valence-corrected chi connectivity index (χ3v) is 4.64. The fourth-order valence-electron chi connectivity index (χ4n) is 2.97. The zero-order valence-corrected chi connectivity index (χ0v) is 18.5. The molecule has 31 heavy (non-hydrogen) atoms. The van der Waals surface area contributed by atoms with Crippen LogP contribution in [-0.2, 0) is 23.9 Å². The van der Waals surface area contributed by atoms with Gasteiger partial charge < -0.3 is 24.9 Å². The molecule has 2 N–H and O–H groups in total. The van der Waals surface area contributed by atoms with E-state index in [4.69, 9.17) is 9.47 Å². The van der Waals surface area contributed by atoms with Gasteiger partial charge in [0, 0.05) is 37.9 Å². The van der Waals surface area contributed by atoms with Crippen LogP contribution < -0.4 is 10.6 Å². The summed E-state index contributed by atoms with van der Waals surface area (Å²) in [4.78, 5) is 48.5. The Hall–Kier alpha value is -2.78. The van der Waals surface area contributed by atoms with Gasteiger partial charge in [-0.15, -0.1) is 0 Å². The largest absolute Gasteiger partial charge is 0.382 e. The number of nitrogens with zero attached hydrogens (tertiary/aromatic N) is 1. The maximum absolute atomic E-state index is 13.0. The van der Waals surface area contributed by atoms with Crippen LogP contribution in [0.4, 0.5) is 5.69 Å². The van der Waals surface area contributed by atoms with E-state index in [9.17, 15) is 19.2 Å². The number of aldehydes is 1. The van der Waals surface area contributed by atoms with E-state index in [-0.39, 0.29) is 12.8 Å². The van der Waals surface area contributed by atoms with Crippen LogP contribution in [0.5, 0.6) is 0 Å². The summed E-state index contributed by atoms with van der Waals surface area (Å²) in [5.41, 5.74) is 1.68.